The van der Waals surface area contributed by atoms with Crippen molar-refractivity contribution in [1.82, 2.24) is 20.0 Å². The lowest BCUT2D eigenvalue weighted by Gasteiger charge is -2.35. The Morgan fingerprint density at radius 2 is 2.00 bits per heavy atom. The Kier molecular flexibility index (Phi) is 4.42. The Labute approximate surface area is 155 Å². The summed E-state index contributed by atoms with van der Waals surface area (Å²) in [5.41, 5.74) is 1.64. The highest BCUT2D eigenvalue weighted by Gasteiger charge is 2.35. The molecule has 0 radical (unpaired) electrons. The summed E-state index contributed by atoms with van der Waals surface area (Å²) >= 11 is 0. The summed E-state index contributed by atoms with van der Waals surface area (Å²) in [5.74, 6) is -1.05. The van der Waals surface area contributed by atoms with Crippen LogP contribution in [0.1, 0.15) is 22.0 Å². The van der Waals surface area contributed by atoms with Crippen LogP contribution in [0.4, 0.5) is 4.39 Å². The molecule has 136 valence electrons. The van der Waals surface area contributed by atoms with Crippen LogP contribution in [0.2, 0.25) is 0 Å². The lowest BCUT2D eigenvalue weighted by atomic mass is 10.0. The SMILES string of the molecule is O=C1NCCN(C(=O)c2cccc(-n3cccn3)c2)[C@@H]1c1cccc(F)c1. The Hall–Kier alpha value is -3.48. The molecule has 1 atom stereocenters. The molecule has 27 heavy (non-hydrogen) atoms. The first kappa shape index (κ1) is 17.0. The second kappa shape index (κ2) is 7.03. The second-order valence-corrected chi connectivity index (χ2v) is 6.25. The number of amides is 2. The van der Waals surface area contributed by atoms with Crippen molar-refractivity contribution in [2.24, 2.45) is 0 Å². The van der Waals surface area contributed by atoms with Crippen LogP contribution in [0.5, 0.6) is 0 Å². The maximum Gasteiger partial charge on any atom is 0.254 e. The van der Waals surface area contributed by atoms with Crippen LogP contribution in [0.3, 0.4) is 0 Å². The molecule has 1 saturated heterocycles. The summed E-state index contributed by atoms with van der Waals surface area (Å²) in [6.45, 7) is 0.701. The summed E-state index contributed by atoms with van der Waals surface area (Å²) in [6.07, 6.45) is 3.44. The molecule has 7 heteroatoms. The van der Waals surface area contributed by atoms with E-state index in [1.165, 1.54) is 23.1 Å². The van der Waals surface area contributed by atoms with Gasteiger partial charge in [0.25, 0.3) is 5.91 Å². The van der Waals surface area contributed by atoms with Crippen molar-refractivity contribution in [3.05, 3.63) is 83.9 Å². The molecule has 1 aromatic heterocycles. The molecule has 0 aliphatic carbocycles. The van der Waals surface area contributed by atoms with E-state index >= 15 is 0 Å². The highest BCUT2D eigenvalue weighted by atomic mass is 19.1. The van der Waals surface area contributed by atoms with Crippen molar-refractivity contribution in [2.75, 3.05) is 13.1 Å². The summed E-state index contributed by atoms with van der Waals surface area (Å²) < 4.78 is 15.3. The van der Waals surface area contributed by atoms with E-state index in [0.717, 1.165) is 5.69 Å². The van der Waals surface area contributed by atoms with E-state index in [2.05, 4.69) is 10.4 Å². The molecule has 2 amide bonds. The minimum atomic E-state index is -0.865. The van der Waals surface area contributed by atoms with Crippen molar-refractivity contribution in [3.8, 4) is 5.69 Å². The molecule has 0 unspecified atom stereocenters. The molecule has 0 bridgehead atoms. The van der Waals surface area contributed by atoms with Gasteiger partial charge in [0.1, 0.15) is 11.9 Å². The lowest BCUT2D eigenvalue weighted by molar-refractivity contribution is -0.128. The molecule has 1 fully saturated rings. The highest BCUT2D eigenvalue weighted by molar-refractivity contribution is 5.99. The third kappa shape index (κ3) is 3.31. The van der Waals surface area contributed by atoms with Crippen LogP contribution < -0.4 is 5.32 Å². The van der Waals surface area contributed by atoms with E-state index in [1.807, 2.05) is 6.07 Å². The summed E-state index contributed by atoms with van der Waals surface area (Å²) in [7, 11) is 0. The van der Waals surface area contributed by atoms with E-state index in [0.29, 0.717) is 24.2 Å². The molecule has 4 rings (SSSR count). The zero-order chi connectivity index (χ0) is 18.8. The van der Waals surface area contributed by atoms with Crippen LogP contribution in [-0.4, -0.2) is 39.6 Å². The molecule has 1 aliphatic rings. The Morgan fingerprint density at radius 1 is 1.15 bits per heavy atom. The fourth-order valence-electron chi connectivity index (χ4n) is 3.26. The van der Waals surface area contributed by atoms with Crippen LogP contribution in [0, 0.1) is 5.82 Å². The number of hydrogen-bond acceptors (Lipinski definition) is 3. The van der Waals surface area contributed by atoms with Crippen molar-refractivity contribution in [2.45, 2.75) is 6.04 Å². The van der Waals surface area contributed by atoms with E-state index in [1.54, 1.807) is 47.4 Å². The minimum absolute atomic E-state index is 0.284. The normalized spacial score (nSPS) is 16.9. The van der Waals surface area contributed by atoms with E-state index in [9.17, 15) is 14.0 Å². The smallest absolute Gasteiger partial charge is 0.254 e. The van der Waals surface area contributed by atoms with Crippen LogP contribution in [0.15, 0.2) is 67.0 Å². The first-order valence-electron chi connectivity index (χ1n) is 8.58. The zero-order valence-electron chi connectivity index (χ0n) is 14.4. The maximum absolute atomic E-state index is 13.7. The quantitative estimate of drug-likeness (QED) is 0.776. The number of benzene rings is 2. The van der Waals surface area contributed by atoms with Crippen molar-refractivity contribution in [1.29, 1.82) is 0 Å². The lowest BCUT2D eigenvalue weighted by Crippen LogP contribution is -2.52. The number of nitrogens with one attached hydrogen (secondary N) is 1. The Bertz CT molecular complexity index is 987. The Morgan fingerprint density at radius 3 is 2.78 bits per heavy atom. The number of rotatable bonds is 3. The molecule has 2 heterocycles. The summed E-state index contributed by atoms with van der Waals surface area (Å²) in [4.78, 5) is 27.1. The molecule has 1 aliphatic heterocycles. The van der Waals surface area contributed by atoms with Gasteiger partial charge in [-0.05, 0) is 42.0 Å². The largest absolute Gasteiger partial charge is 0.352 e. The highest BCUT2D eigenvalue weighted by Crippen LogP contribution is 2.26. The number of hydrogen-bond donors (Lipinski definition) is 1. The number of halogens is 1. The molecule has 2 aromatic carbocycles. The van der Waals surface area contributed by atoms with Gasteiger partial charge in [0.05, 0.1) is 5.69 Å². The minimum Gasteiger partial charge on any atom is -0.352 e. The maximum atomic E-state index is 13.7. The summed E-state index contributed by atoms with van der Waals surface area (Å²) in [5, 5.41) is 6.92. The zero-order valence-corrected chi connectivity index (χ0v) is 14.4. The van der Waals surface area contributed by atoms with Crippen LogP contribution >= 0.6 is 0 Å². The fourth-order valence-corrected chi connectivity index (χ4v) is 3.26. The third-order valence-electron chi connectivity index (χ3n) is 4.50. The molecule has 3 aromatic rings. The van der Waals surface area contributed by atoms with Gasteiger partial charge in [-0.3, -0.25) is 9.59 Å². The van der Waals surface area contributed by atoms with Crippen molar-refractivity contribution >= 4 is 11.8 Å². The van der Waals surface area contributed by atoms with Gasteiger partial charge in [-0.25, -0.2) is 9.07 Å². The first-order chi connectivity index (χ1) is 13.1. The molecule has 1 N–H and O–H groups in total. The fraction of sp³-hybridized carbons (Fsp3) is 0.150. The summed E-state index contributed by atoms with van der Waals surface area (Å²) in [6, 6.07) is 13.8. The second-order valence-electron chi connectivity index (χ2n) is 6.25. The van der Waals surface area contributed by atoms with E-state index in [4.69, 9.17) is 0 Å². The van der Waals surface area contributed by atoms with Gasteiger partial charge < -0.3 is 10.2 Å². The van der Waals surface area contributed by atoms with Gasteiger partial charge in [0.2, 0.25) is 5.91 Å². The third-order valence-corrected chi connectivity index (χ3v) is 4.50. The monoisotopic (exact) mass is 364 g/mol. The van der Waals surface area contributed by atoms with Crippen molar-refractivity contribution < 1.29 is 14.0 Å². The molecular weight excluding hydrogens is 347 g/mol. The van der Waals surface area contributed by atoms with Crippen molar-refractivity contribution in [3.63, 3.8) is 0 Å². The molecule has 0 saturated carbocycles. The van der Waals surface area contributed by atoms with Gasteiger partial charge in [-0.1, -0.05) is 18.2 Å². The number of aromatic nitrogens is 2. The molecule has 0 spiro atoms. The molecule has 6 nitrogen and oxygen atoms in total. The Balaban J connectivity index is 1.69. The van der Waals surface area contributed by atoms with Gasteiger partial charge in [-0.15, -0.1) is 0 Å². The van der Waals surface area contributed by atoms with Gasteiger partial charge in [0.15, 0.2) is 0 Å². The predicted octanol–water partition coefficient (Wildman–Crippen LogP) is 2.32. The van der Waals surface area contributed by atoms with E-state index in [-0.39, 0.29) is 11.8 Å². The average molecular weight is 364 g/mol. The van der Waals surface area contributed by atoms with Gasteiger partial charge in [-0.2, -0.15) is 5.10 Å². The number of nitrogens with zero attached hydrogens (tertiary/aromatic N) is 3. The number of carbonyl (C=O) groups is 2. The number of piperazine rings is 1. The van der Waals surface area contributed by atoms with Crippen LogP contribution in [0.25, 0.3) is 5.69 Å². The predicted molar refractivity (Wildman–Crippen MR) is 96.8 cm³/mol. The average Bonchev–Trinajstić information content (AvgIpc) is 3.22. The first-order valence-corrected chi connectivity index (χ1v) is 8.58. The van der Waals surface area contributed by atoms with E-state index < -0.39 is 11.9 Å². The molecular formula is C20H17FN4O2. The van der Waals surface area contributed by atoms with Crippen LogP contribution in [-0.2, 0) is 4.79 Å². The van der Waals surface area contributed by atoms with Gasteiger partial charge >= 0.3 is 0 Å². The topological polar surface area (TPSA) is 67.2 Å². The standard InChI is InChI=1S/C20H17FN4O2/c21-16-6-1-4-14(12-16)18-19(26)22-9-11-24(18)20(27)15-5-2-7-17(13-15)25-10-3-8-23-25/h1-8,10,12-13,18H,9,11H2,(H,22,26)/t18-/m1/s1. The number of carbonyl (C=O) groups excluding carboxylic acids is 2. The van der Waals surface area contributed by atoms with Gasteiger partial charge in [0, 0.05) is 31.0 Å².